The lowest BCUT2D eigenvalue weighted by Gasteiger charge is -2.63. The number of carbonyl (C=O) groups excluding carboxylic acids is 1. The molecule has 0 saturated heterocycles. The molecule has 224 valence electrons. The first-order valence-electron chi connectivity index (χ1n) is 14.5. The summed E-state index contributed by atoms with van der Waals surface area (Å²) in [7, 11) is 0. The SMILES string of the molecule is C[C@@H]1[C@@H](N(C(N)=NNC(=O)C(C)(C)C)c2ccc3c(=O)n(CCc4ccc(Cl)cc4Cl)cnc3c2)C[C@H]2C[C@@H]1C2(C)C. The van der Waals surface area contributed by atoms with E-state index < -0.39 is 5.41 Å². The number of hydrazone groups is 1. The first kappa shape index (κ1) is 30.4. The van der Waals surface area contributed by atoms with Crippen LogP contribution in [0.5, 0.6) is 0 Å². The van der Waals surface area contributed by atoms with Crippen LogP contribution in [-0.4, -0.2) is 27.5 Å². The van der Waals surface area contributed by atoms with Crippen LogP contribution >= 0.6 is 23.2 Å². The third-order valence-corrected chi connectivity index (χ3v) is 10.2. The van der Waals surface area contributed by atoms with E-state index in [1.807, 2.05) is 43.9 Å². The fourth-order valence-corrected chi connectivity index (χ4v) is 7.21. The second-order valence-electron chi connectivity index (χ2n) is 13.5. The minimum Gasteiger partial charge on any atom is -0.368 e. The van der Waals surface area contributed by atoms with Gasteiger partial charge in [-0.3, -0.25) is 14.2 Å². The van der Waals surface area contributed by atoms with E-state index in [0.717, 1.165) is 17.7 Å². The summed E-state index contributed by atoms with van der Waals surface area (Å²) < 4.78 is 1.60. The van der Waals surface area contributed by atoms with Crippen LogP contribution in [0, 0.1) is 28.6 Å². The van der Waals surface area contributed by atoms with Gasteiger partial charge in [-0.2, -0.15) is 0 Å². The van der Waals surface area contributed by atoms with Gasteiger partial charge < -0.3 is 10.6 Å². The summed E-state index contributed by atoms with van der Waals surface area (Å²) in [6.45, 7) is 12.9. The predicted molar refractivity (Wildman–Crippen MR) is 171 cm³/mol. The number of halogens is 2. The number of rotatable bonds is 6. The number of nitrogens with one attached hydrogen (secondary N) is 1. The van der Waals surface area contributed by atoms with Crippen LogP contribution < -0.4 is 21.6 Å². The number of nitrogens with zero attached hydrogens (tertiary/aromatic N) is 4. The van der Waals surface area contributed by atoms with Crippen molar-refractivity contribution in [1.29, 1.82) is 0 Å². The van der Waals surface area contributed by atoms with E-state index in [-0.39, 0.29) is 23.5 Å². The Morgan fingerprint density at radius 3 is 2.57 bits per heavy atom. The second kappa shape index (κ2) is 11.2. The topological polar surface area (TPSA) is 106 Å². The highest BCUT2D eigenvalue weighted by Crippen LogP contribution is 2.62. The Morgan fingerprint density at radius 2 is 1.93 bits per heavy atom. The maximum Gasteiger partial charge on any atom is 0.261 e. The molecular weight excluding hydrogens is 571 g/mol. The molecule has 42 heavy (non-hydrogen) atoms. The van der Waals surface area contributed by atoms with Crippen molar-refractivity contribution >= 4 is 51.7 Å². The number of benzene rings is 2. The van der Waals surface area contributed by atoms with Gasteiger partial charge in [0.1, 0.15) is 0 Å². The first-order chi connectivity index (χ1) is 19.7. The molecule has 2 bridgehead atoms. The monoisotopic (exact) mass is 610 g/mol. The van der Waals surface area contributed by atoms with Gasteiger partial charge in [0.05, 0.1) is 17.2 Å². The Kier molecular flexibility index (Phi) is 8.09. The standard InChI is InChI=1S/C32H40Cl2N6O2/c1-18-24-13-20(32(24,5)6)14-27(18)40(30(35)38-37-29(42)31(2,3)4)22-9-10-23-26(16-22)36-17-39(28(23)41)12-11-19-7-8-21(33)15-25(19)34/h7-10,15-18,20,24,27H,11-14H2,1-6H3,(H2,35,38)(H,37,42)/t18-,20+,24-,27-/m0/s1. The number of hydrogen-bond donors (Lipinski definition) is 2. The molecule has 4 atom stereocenters. The number of guanidine groups is 1. The molecule has 0 aliphatic heterocycles. The molecule has 2 aromatic carbocycles. The minimum absolute atomic E-state index is 0.0963. The molecule has 3 aliphatic carbocycles. The van der Waals surface area contributed by atoms with Crippen LogP contribution in [0.3, 0.4) is 0 Å². The van der Waals surface area contributed by atoms with Gasteiger partial charge in [0.2, 0.25) is 11.9 Å². The van der Waals surface area contributed by atoms with Gasteiger partial charge in [-0.1, -0.05) is 70.8 Å². The van der Waals surface area contributed by atoms with Crippen LogP contribution in [0.25, 0.3) is 10.9 Å². The highest BCUT2D eigenvalue weighted by molar-refractivity contribution is 6.35. The maximum atomic E-state index is 13.4. The Balaban J connectivity index is 1.46. The summed E-state index contributed by atoms with van der Waals surface area (Å²) in [5.41, 5.74) is 11.1. The van der Waals surface area contributed by atoms with Crippen LogP contribution in [0.15, 0.2) is 52.6 Å². The van der Waals surface area contributed by atoms with Gasteiger partial charge in [-0.05, 0) is 78.3 Å². The molecule has 3 fully saturated rings. The normalized spacial score (nSPS) is 23.4. The van der Waals surface area contributed by atoms with Gasteiger partial charge in [-0.15, -0.1) is 5.10 Å². The Hall–Kier alpha value is -3.10. The number of amides is 1. The van der Waals surface area contributed by atoms with Crippen molar-refractivity contribution in [2.75, 3.05) is 4.90 Å². The molecular formula is C32H40Cl2N6O2. The van der Waals surface area contributed by atoms with Crippen molar-refractivity contribution in [3.05, 3.63) is 68.7 Å². The molecule has 0 radical (unpaired) electrons. The minimum atomic E-state index is -0.607. The zero-order chi connectivity index (χ0) is 30.6. The molecule has 0 unspecified atom stereocenters. The maximum absolute atomic E-state index is 13.4. The van der Waals surface area contributed by atoms with E-state index in [0.29, 0.717) is 57.1 Å². The molecule has 1 heterocycles. The molecule has 6 rings (SSSR count). The number of carbonyl (C=O) groups is 1. The zero-order valence-corrected chi connectivity index (χ0v) is 26.6. The number of hydrogen-bond acceptors (Lipinski definition) is 4. The van der Waals surface area contributed by atoms with Crippen molar-refractivity contribution in [3.63, 3.8) is 0 Å². The Labute approximate surface area is 257 Å². The van der Waals surface area contributed by atoms with Crippen LogP contribution in [0.4, 0.5) is 5.69 Å². The highest BCUT2D eigenvalue weighted by atomic mass is 35.5. The fourth-order valence-electron chi connectivity index (χ4n) is 6.71. The fraction of sp³-hybridized carbons (Fsp3) is 0.500. The molecule has 1 aromatic heterocycles. The van der Waals surface area contributed by atoms with E-state index in [4.69, 9.17) is 28.9 Å². The molecule has 3 N–H and O–H groups in total. The number of anilines is 1. The average Bonchev–Trinajstić information content (AvgIpc) is 2.92. The predicted octanol–water partition coefficient (Wildman–Crippen LogP) is 6.22. The Morgan fingerprint density at radius 1 is 1.19 bits per heavy atom. The van der Waals surface area contributed by atoms with Crippen LogP contribution in [-0.2, 0) is 17.8 Å². The molecule has 8 nitrogen and oxygen atoms in total. The quantitative estimate of drug-likeness (QED) is 0.196. The molecule has 3 aromatic rings. The lowest BCUT2D eigenvalue weighted by molar-refractivity contribution is -0.128. The first-order valence-corrected chi connectivity index (χ1v) is 15.3. The summed E-state index contributed by atoms with van der Waals surface area (Å²) in [5.74, 6) is 1.51. The summed E-state index contributed by atoms with van der Waals surface area (Å²) in [4.78, 5) is 32.7. The third kappa shape index (κ3) is 5.63. The molecule has 0 spiro atoms. The van der Waals surface area contributed by atoms with Crippen LogP contribution in [0.1, 0.15) is 59.9 Å². The third-order valence-electron chi connectivity index (χ3n) is 9.57. The van der Waals surface area contributed by atoms with E-state index in [2.05, 4.69) is 36.3 Å². The summed E-state index contributed by atoms with van der Waals surface area (Å²) in [6, 6.07) is 11.1. The number of aromatic nitrogens is 2. The van der Waals surface area contributed by atoms with Crippen molar-refractivity contribution < 1.29 is 4.79 Å². The number of fused-ring (bicyclic) bond motifs is 3. The van der Waals surface area contributed by atoms with E-state index >= 15 is 0 Å². The smallest absolute Gasteiger partial charge is 0.261 e. The molecule has 3 saturated carbocycles. The van der Waals surface area contributed by atoms with E-state index in [9.17, 15) is 9.59 Å². The zero-order valence-electron chi connectivity index (χ0n) is 25.1. The van der Waals surface area contributed by atoms with Gasteiger partial charge in [0.15, 0.2) is 0 Å². The van der Waals surface area contributed by atoms with Crippen LogP contribution in [0.2, 0.25) is 10.0 Å². The summed E-state index contributed by atoms with van der Waals surface area (Å²) in [5, 5.41) is 6.01. The second-order valence-corrected chi connectivity index (χ2v) is 14.3. The van der Waals surface area contributed by atoms with Crippen molar-refractivity contribution in [2.45, 2.75) is 73.4 Å². The largest absolute Gasteiger partial charge is 0.368 e. The molecule has 10 heteroatoms. The lowest BCUT2D eigenvalue weighted by atomic mass is 9.44. The highest BCUT2D eigenvalue weighted by Gasteiger charge is 2.57. The van der Waals surface area contributed by atoms with E-state index in [1.54, 1.807) is 29.1 Å². The van der Waals surface area contributed by atoms with Crippen molar-refractivity contribution in [3.8, 4) is 0 Å². The van der Waals surface area contributed by atoms with Crippen molar-refractivity contribution in [2.24, 2.45) is 39.4 Å². The summed E-state index contributed by atoms with van der Waals surface area (Å²) >= 11 is 12.4. The van der Waals surface area contributed by atoms with Crippen molar-refractivity contribution in [1.82, 2.24) is 15.0 Å². The average molecular weight is 612 g/mol. The van der Waals surface area contributed by atoms with Gasteiger partial charge in [0, 0.05) is 33.7 Å². The number of aryl methyl sites for hydroxylation is 2. The molecule has 3 aliphatic rings. The van der Waals surface area contributed by atoms with Gasteiger partial charge in [0.25, 0.3) is 5.56 Å². The Bertz CT molecular complexity index is 1610. The summed E-state index contributed by atoms with van der Waals surface area (Å²) in [6.07, 6.45) is 4.33. The van der Waals surface area contributed by atoms with Gasteiger partial charge >= 0.3 is 0 Å². The van der Waals surface area contributed by atoms with E-state index in [1.165, 1.54) is 6.42 Å². The molecule has 1 amide bonds. The van der Waals surface area contributed by atoms with Gasteiger partial charge in [-0.25, -0.2) is 10.4 Å². The lowest BCUT2D eigenvalue weighted by Crippen LogP contribution is -2.62. The number of nitrogens with two attached hydrogens (primary N) is 1.